The van der Waals surface area contributed by atoms with E-state index in [2.05, 4.69) is 10.3 Å². The first kappa shape index (κ1) is 14.8. The number of amides is 1. The van der Waals surface area contributed by atoms with Crippen molar-refractivity contribution in [2.24, 2.45) is 0 Å². The third-order valence-corrected chi connectivity index (χ3v) is 3.94. The summed E-state index contributed by atoms with van der Waals surface area (Å²) in [6.07, 6.45) is 2.46. The number of fused-ring (bicyclic) bond motifs is 1. The summed E-state index contributed by atoms with van der Waals surface area (Å²) in [5, 5.41) is 12.5. The van der Waals surface area contributed by atoms with Gasteiger partial charge < -0.3 is 10.4 Å². The van der Waals surface area contributed by atoms with E-state index in [1.165, 1.54) is 0 Å². The molecule has 0 aliphatic heterocycles. The van der Waals surface area contributed by atoms with Crippen LogP contribution >= 0.6 is 11.8 Å². The molecule has 5 heteroatoms. The average Bonchev–Trinajstić information content (AvgIpc) is 2.50. The first-order valence-electron chi connectivity index (χ1n) is 6.63. The van der Waals surface area contributed by atoms with Crippen LogP contribution in [0.5, 0.6) is 0 Å². The Hall–Kier alpha value is -1.59. The molecule has 0 saturated carbocycles. The number of pyridine rings is 1. The van der Waals surface area contributed by atoms with Gasteiger partial charge in [0.2, 0.25) is 0 Å². The van der Waals surface area contributed by atoms with Gasteiger partial charge in [-0.1, -0.05) is 18.2 Å². The third-order valence-electron chi connectivity index (χ3n) is 2.87. The third kappa shape index (κ3) is 3.95. The molecule has 0 bridgehead atoms. The van der Waals surface area contributed by atoms with Crippen LogP contribution in [-0.2, 0) is 0 Å². The van der Waals surface area contributed by atoms with Gasteiger partial charge in [0, 0.05) is 30.5 Å². The SMILES string of the molecule is O=C(NCCSCCCO)c1ccnc2ccccc12. The molecule has 0 aliphatic carbocycles. The van der Waals surface area contributed by atoms with E-state index in [-0.39, 0.29) is 12.5 Å². The summed E-state index contributed by atoms with van der Waals surface area (Å²) in [6.45, 7) is 0.855. The van der Waals surface area contributed by atoms with Gasteiger partial charge in [-0.2, -0.15) is 11.8 Å². The maximum absolute atomic E-state index is 12.2. The molecule has 0 spiro atoms. The molecule has 2 rings (SSSR count). The minimum absolute atomic E-state index is 0.0636. The number of aliphatic hydroxyl groups excluding tert-OH is 1. The molecule has 2 N–H and O–H groups in total. The predicted molar refractivity (Wildman–Crippen MR) is 83.1 cm³/mol. The highest BCUT2D eigenvalue weighted by Gasteiger charge is 2.09. The van der Waals surface area contributed by atoms with Gasteiger partial charge in [-0.15, -0.1) is 0 Å². The number of thioether (sulfide) groups is 1. The zero-order valence-electron chi connectivity index (χ0n) is 11.2. The number of rotatable bonds is 7. The van der Waals surface area contributed by atoms with E-state index in [9.17, 15) is 4.79 Å². The van der Waals surface area contributed by atoms with Crippen molar-refractivity contribution in [2.75, 3.05) is 24.7 Å². The number of nitrogens with zero attached hydrogens (tertiary/aromatic N) is 1. The van der Waals surface area contributed by atoms with Crippen LogP contribution in [0.15, 0.2) is 36.5 Å². The van der Waals surface area contributed by atoms with Crippen LogP contribution in [0.3, 0.4) is 0 Å². The van der Waals surface area contributed by atoms with Gasteiger partial charge in [-0.25, -0.2) is 0 Å². The Morgan fingerprint density at radius 1 is 1.25 bits per heavy atom. The number of nitrogens with one attached hydrogen (secondary N) is 1. The smallest absolute Gasteiger partial charge is 0.252 e. The molecular formula is C15H18N2O2S. The van der Waals surface area contributed by atoms with Crippen molar-refractivity contribution in [3.05, 3.63) is 42.1 Å². The molecule has 1 aromatic heterocycles. The minimum Gasteiger partial charge on any atom is -0.396 e. The lowest BCUT2D eigenvalue weighted by atomic mass is 10.1. The summed E-state index contributed by atoms with van der Waals surface area (Å²) in [4.78, 5) is 16.4. The van der Waals surface area contributed by atoms with E-state index in [4.69, 9.17) is 5.11 Å². The van der Waals surface area contributed by atoms with E-state index in [1.807, 2.05) is 24.3 Å². The second kappa shape index (κ2) is 7.87. The van der Waals surface area contributed by atoms with Crippen molar-refractivity contribution in [2.45, 2.75) is 6.42 Å². The number of hydrogen-bond acceptors (Lipinski definition) is 4. The predicted octanol–water partition coefficient (Wildman–Crippen LogP) is 2.08. The van der Waals surface area contributed by atoms with Gasteiger partial charge in [-0.3, -0.25) is 9.78 Å². The van der Waals surface area contributed by atoms with Gasteiger partial charge in [0.05, 0.1) is 11.1 Å². The number of aliphatic hydroxyl groups is 1. The maximum atomic E-state index is 12.2. The molecule has 0 unspecified atom stereocenters. The molecule has 20 heavy (non-hydrogen) atoms. The van der Waals surface area contributed by atoms with Gasteiger partial charge in [0.25, 0.3) is 5.91 Å². The largest absolute Gasteiger partial charge is 0.396 e. The van der Waals surface area contributed by atoms with Crippen LogP contribution in [0.4, 0.5) is 0 Å². The Labute approximate surface area is 122 Å². The highest BCUT2D eigenvalue weighted by atomic mass is 32.2. The number of para-hydroxylation sites is 1. The molecule has 0 radical (unpaired) electrons. The molecule has 0 aliphatic rings. The van der Waals surface area contributed by atoms with E-state index < -0.39 is 0 Å². The highest BCUT2D eigenvalue weighted by Crippen LogP contribution is 2.15. The van der Waals surface area contributed by atoms with Crippen LogP contribution in [0.2, 0.25) is 0 Å². The summed E-state index contributed by atoms with van der Waals surface area (Å²) in [7, 11) is 0. The summed E-state index contributed by atoms with van der Waals surface area (Å²) in [5.41, 5.74) is 1.49. The Morgan fingerprint density at radius 3 is 2.95 bits per heavy atom. The van der Waals surface area contributed by atoms with E-state index in [0.717, 1.165) is 28.8 Å². The van der Waals surface area contributed by atoms with Crippen LogP contribution in [0, 0.1) is 0 Å². The normalized spacial score (nSPS) is 10.7. The molecule has 2 aromatic rings. The lowest BCUT2D eigenvalue weighted by molar-refractivity contribution is 0.0957. The fraction of sp³-hybridized carbons (Fsp3) is 0.333. The first-order chi connectivity index (χ1) is 9.83. The van der Waals surface area contributed by atoms with Crippen LogP contribution < -0.4 is 5.32 Å². The van der Waals surface area contributed by atoms with Gasteiger partial charge >= 0.3 is 0 Å². The number of hydrogen-bond donors (Lipinski definition) is 2. The van der Waals surface area contributed by atoms with Gasteiger partial charge in [0.15, 0.2) is 0 Å². The second-order valence-electron chi connectivity index (χ2n) is 4.32. The van der Waals surface area contributed by atoms with Crippen molar-refractivity contribution in [3.63, 3.8) is 0 Å². The summed E-state index contributed by atoms with van der Waals surface area (Å²) in [5.74, 6) is 1.71. The minimum atomic E-state index is -0.0636. The van der Waals surface area contributed by atoms with Crippen LogP contribution in [-0.4, -0.2) is 40.7 Å². The van der Waals surface area contributed by atoms with Crippen molar-refractivity contribution in [1.29, 1.82) is 0 Å². The molecule has 4 nitrogen and oxygen atoms in total. The Balaban J connectivity index is 1.91. The van der Waals surface area contributed by atoms with E-state index in [1.54, 1.807) is 24.0 Å². The highest BCUT2D eigenvalue weighted by molar-refractivity contribution is 7.99. The second-order valence-corrected chi connectivity index (χ2v) is 5.55. The number of benzene rings is 1. The molecule has 0 saturated heterocycles. The van der Waals surface area contributed by atoms with Crippen molar-refractivity contribution < 1.29 is 9.90 Å². The molecule has 106 valence electrons. The summed E-state index contributed by atoms with van der Waals surface area (Å²) >= 11 is 1.73. The first-order valence-corrected chi connectivity index (χ1v) is 7.79. The Morgan fingerprint density at radius 2 is 2.10 bits per heavy atom. The summed E-state index contributed by atoms with van der Waals surface area (Å²) < 4.78 is 0. The lowest BCUT2D eigenvalue weighted by Gasteiger charge is -2.07. The van der Waals surface area contributed by atoms with E-state index in [0.29, 0.717) is 12.1 Å². The van der Waals surface area contributed by atoms with Gasteiger partial charge in [-0.05, 0) is 24.3 Å². The number of aromatic nitrogens is 1. The zero-order valence-corrected chi connectivity index (χ0v) is 12.0. The maximum Gasteiger partial charge on any atom is 0.252 e. The Kier molecular flexibility index (Phi) is 5.83. The quantitative estimate of drug-likeness (QED) is 0.766. The standard InChI is InChI=1S/C15H18N2O2S/c18-9-3-10-20-11-8-17-15(19)13-6-7-16-14-5-2-1-4-12(13)14/h1-2,4-7,18H,3,8-11H2,(H,17,19). The Bertz CT molecular complexity index is 569. The summed E-state index contributed by atoms with van der Waals surface area (Å²) in [6, 6.07) is 9.38. The lowest BCUT2D eigenvalue weighted by Crippen LogP contribution is -2.26. The molecular weight excluding hydrogens is 272 g/mol. The monoisotopic (exact) mass is 290 g/mol. The molecule has 1 aromatic carbocycles. The average molecular weight is 290 g/mol. The molecule has 1 heterocycles. The van der Waals surface area contributed by atoms with Crippen LogP contribution in [0.1, 0.15) is 16.8 Å². The van der Waals surface area contributed by atoms with Crippen molar-refractivity contribution in [3.8, 4) is 0 Å². The van der Waals surface area contributed by atoms with Crippen molar-refractivity contribution >= 4 is 28.6 Å². The van der Waals surface area contributed by atoms with E-state index >= 15 is 0 Å². The molecule has 1 amide bonds. The zero-order chi connectivity index (χ0) is 14.2. The van der Waals surface area contributed by atoms with Crippen molar-refractivity contribution in [1.82, 2.24) is 10.3 Å². The fourth-order valence-electron chi connectivity index (χ4n) is 1.89. The van der Waals surface area contributed by atoms with Crippen LogP contribution in [0.25, 0.3) is 10.9 Å². The molecule has 0 fully saturated rings. The van der Waals surface area contributed by atoms with Gasteiger partial charge in [0.1, 0.15) is 0 Å². The topological polar surface area (TPSA) is 62.2 Å². The molecule has 0 atom stereocenters. The number of carbonyl (C=O) groups excluding carboxylic acids is 1. The number of carbonyl (C=O) groups is 1. The fourth-order valence-corrected chi connectivity index (χ4v) is 2.68.